The summed E-state index contributed by atoms with van der Waals surface area (Å²) < 4.78 is 3.85. The highest BCUT2D eigenvalue weighted by Crippen LogP contribution is 2.18. The van der Waals surface area contributed by atoms with E-state index in [0.717, 1.165) is 43.7 Å². The van der Waals surface area contributed by atoms with Crippen LogP contribution in [0.4, 0.5) is 0 Å². The van der Waals surface area contributed by atoms with Crippen LogP contribution in [0, 0.1) is 0 Å². The quantitative estimate of drug-likeness (QED) is 0.610. The van der Waals surface area contributed by atoms with E-state index in [9.17, 15) is 4.79 Å². The van der Waals surface area contributed by atoms with Crippen LogP contribution in [-0.4, -0.2) is 37.0 Å². The number of carbonyl (C=O) groups is 1. The van der Waals surface area contributed by atoms with Gasteiger partial charge in [-0.25, -0.2) is 4.98 Å². The summed E-state index contributed by atoms with van der Waals surface area (Å²) in [6.45, 7) is 3.50. The lowest BCUT2D eigenvalue weighted by molar-refractivity contribution is -0.121. The summed E-state index contributed by atoms with van der Waals surface area (Å²) in [5.74, 6) is 0.0405. The van der Waals surface area contributed by atoms with Gasteiger partial charge in [0.1, 0.15) is 12.7 Å². The van der Waals surface area contributed by atoms with Crippen molar-refractivity contribution in [2.45, 2.75) is 51.4 Å². The minimum Gasteiger partial charge on any atom is -0.349 e. The van der Waals surface area contributed by atoms with Crippen molar-refractivity contribution in [3.63, 3.8) is 0 Å². The Kier molecular flexibility index (Phi) is 6.31. The molecule has 0 fully saturated rings. The van der Waals surface area contributed by atoms with Crippen LogP contribution in [0.25, 0.3) is 0 Å². The molecular weight excluding hydrogens is 366 g/mol. The van der Waals surface area contributed by atoms with E-state index < -0.39 is 0 Å². The Balaban J connectivity index is 1.34. The topological polar surface area (TPSA) is 89.7 Å². The number of nitrogens with one attached hydrogen (secondary N) is 2. The number of nitrogens with zero attached hydrogens (tertiary/aromatic N) is 5. The Hall–Kier alpha value is -3.00. The van der Waals surface area contributed by atoms with Gasteiger partial charge >= 0.3 is 0 Å². The largest absolute Gasteiger partial charge is 0.349 e. The van der Waals surface area contributed by atoms with Crippen molar-refractivity contribution in [2.24, 2.45) is 0 Å². The number of aromatic nitrogens is 5. The van der Waals surface area contributed by atoms with Gasteiger partial charge in [-0.1, -0.05) is 30.3 Å². The third kappa shape index (κ3) is 5.29. The van der Waals surface area contributed by atoms with Crippen LogP contribution in [0.5, 0.6) is 0 Å². The zero-order chi connectivity index (χ0) is 19.9. The highest BCUT2D eigenvalue weighted by atomic mass is 16.1. The van der Waals surface area contributed by atoms with Crippen molar-refractivity contribution < 1.29 is 4.79 Å². The van der Waals surface area contributed by atoms with E-state index in [0.29, 0.717) is 19.4 Å². The number of carbonyl (C=O) groups excluding carboxylic acids is 1. The van der Waals surface area contributed by atoms with E-state index >= 15 is 0 Å². The van der Waals surface area contributed by atoms with E-state index in [-0.39, 0.29) is 11.9 Å². The summed E-state index contributed by atoms with van der Waals surface area (Å²) in [4.78, 5) is 16.6. The average molecular weight is 393 g/mol. The number of hydrogen-bond donors (Lipinski definition) is 2. The lowest BCUT2D eigenvalue weighted by atomic mass is 10.0. The molecule has 1 aliphatic heterocycles. The van der Waals surface area contributed by atoms with Gasteiger partial charge in [-0.3, -0.25) is 14.2 Å². The molecule has 0 aliphatic carbocycles. The standard InChI is InChI=1S/C21H27N7O/c29-21(8-7-18-13-19-14-22-10-4-11-28(19)26-18)25-20(17-5-2-1-3-6-17)9-12-27-16-23-15-24-27/h1-3,5-6,13,15-16,20,22H,4,7-12,14H2,(H,25,29)/t20-/m0/s1. The Morgan fingerprint density at radius 2 is 2.17 bits per heavy atom. The molecule has 8 nitrogen and oxygen atoms in total. The van der Waals surface area contributed by atoms with E-state index in [1.165, 1.54) is 12.0 Å². The lowest BCUT2D eigenvalue weighted by Gasteiger charge is -2.19. The molecular formula is C21H27N7O. The van der Waals surface area contributed by atoms with Crippen molar-refractivity contribution in [1.29, 1.82) is 0 Å². The number of rotatable bonds is 8. The van der Waals surface area contributed by atoms with Crippen molar-refractivity contribution in [2.75, 3.05) is 6.54 Å². The minimum absolute atomic E-state index is 0.0405. The van der Waals surface area contributed by atoms with Crippen molar-refractivity contribution in [3.05, 3.63) is 66.0 Å². The molecule has 3 aromatic rings. The Morgan fingerprint density at radius 3 is 3.00 bits per heavy atom. The number of benzene rings is 1. The zero-order valence-corrected chi connectivity index (χ0v) is 16.5. The fourth-order valence-electron chi connectivity index (χ4n) is 3.67. The smallest absolute Gasteiger partial charge is 0.220 e. The first-order chi connectivity index (χ1) is 14.3. The summed E-state index contributed by atoms with van der Waals surface area (Å²) in [5, 5.41) is 15.4. The Labute approximate surface area is 170 Å². The molecule has 3 heterocycles. The molecule has 2 aromatic heterocycles. The Morgan fingerprint density at radius 1 is 1.28 bits per heavy atom. The van der Waals surface area contributed by atoms with E-state index in [2.05, 4.69) is 36.6 Å². The van der Waals surface area contributed by atoms with Gasteiger partial charge in [0.05, 0.1) is 17.4 Å². The number of hydrogen-bond acceptors (Lipinski definition) is 5. The van der Waals surface area contributed by atoms with Crippen LogP contribution in [0.1, 0.15) is 42.3 Å². The van der Waals surface area contributed by atoms with Gasteiger partial charge in [0.25, 0.3) is 0 Å². The summed E-state index contributed by atoms with van der Waals surface area (Å²) in [6, 6.07) is 12.1. The monoisotopic (exact) mass is 393 g/mol. The summed E-state index contributed by atoms with van der Waals surface area (Å²) in [5.41, 5.74) is 3.28. The van der Waals surface area contributed by atoms with Gasteiger partial charge in [-0.05, 0) is 31.0 Å². The molecule has 4 rings (SSSR count). The lowest BCUT2D eigenvalue weighted by Crippen LogP contribution is -2.29. The number of amides is 1. The third-order valence-corrected chi connectivity index (χ3v) is 5.20. The van der Waals surface area contributed by atoms with Crippen molar-refractivity contribution in [1.82, 2.24) is 35.2 Å². The molecule has 0 spiro atoms. The van der Waals surface area contributed by atoms with E-state index in [1.54, 1.807) is 11.0 Å². The highest BCUT2D eigenvalue weighted by molar-refractivity contribution is 5.76. The highest BCUT2D eigenvalue weighted by Gasteiger charge is 2.16. The molecule has 0 saturated heterocycles. The molecule has 0 radical (unpaired) electrons. The molecule has 2 N–H and O–H groups in total. The number of aryl methyl sites for hydroxylation is 3. The molecule has 0 bridgehead atoms. The predicted octanol–water partition coefficient (Wildman–Crippen LogP) is 1.85. The second kappa shape index (κ2) is 9.47. The average Bonchev–Trinajstić information content (AvgIpc) is 3.35. The maximum atomic E-state index is 12.7. The van der Waals surface area contributed by atoms with Gasteiger partial charge < -0.3 is 10.6 Å². The molecule has 29 heavy (non-hydrogen) atoms. The fraction of sp³-hybridized carbons (Fsp3) is 0.429. The predicted molar refractivity (Wildman–Crippen MR) is 109 cm³/mol. The Bertz CT molecular complexity index is 881. The second-order valence-corrected chi connectivity index (χ2v) is 7.36. The van der Waals surface area contributed by atoms with Crippen molar-refractivity contribution >= 4 is 5.91 Å². The van der Waals surface area contributed by atoms with Crippen LogP contribution in [0.3, 0.4) is 0 Å². The van der Waals surface area contributed by atoms with E-state index in [4.69, 9.17) is 0 Å². The molecule has 152 valence electrons. The molecule has 1 aromatic carbocycles. The first-order valence-corrected chi connectivity index (χ1v) is 10.2. The normalized spacial score (nSPS) is 14.8. The van der Waals surface area contributed by atoms with Gasteiger partial charge in [0, 0.05) is 32.5 Å². The second-order valence-electron chi connectivity index (χ2n) is 7.36. The summed E-state index contributed by atoms with van der Waals surface area (Å²) >= 11 is 0. The number of fused-ring (bicyclic) bond motifs is 1. The van der Waals surface area contributed by atoms with Crippen LogP contribution < -0.4 is 10.6 Å². The molecule has 1 atom stereocenters. The summed E-state index contributed by atoms with van der Waals surface area (Å²) in [6.07, 6.45) is 6.13. The fourth-order valence-corrected chi connectivity index (χ4v) is 3.67. The minimum atomic E-state index is -0.0594. The summed E-state index contributed by atoms with van der Waals surface area (Å²) in [7, 11) is 0. The van der Waals surface area contributed by atoms with Gasteiger partial charge in [0.15, 0.2) is 0 Å². The molecule has 8 heteroatoms. The van der Waals surface area contributed by atoms with Crippen LogP contribution in [-0.2, 0) is 30.8 Å². The van der Waals surface area contributed by atoms with Gasteiger partial charge in [-0.2, -0.15) is 10.2 Å². The van der Waals surface area contributed by atoms with Crippen LogP contribution >= 0.6 is 0 Å². The van der Waals surface area contributed by atoms with Crippen LogP contribution in [0.2, 0.25) is 0 Å². The molecule has 1 amide bonds. The maximum Gasteiger partial charge on any atom is 0.220 e. The third-order valence-electron chi connectivity index (χ3n) is 5.20. The zero-order valence-electron chi connectivity index (χ0n) is 16.5. The molecule has 1 aliphatic rings. The van der Waals surface area contributed by atoms with E-state index in [1.807, 2.05) is 30.3 Å². The SMILES string of the molecule is O=C(CCc1cc2n(n1)CCCNC2)N[C@@H](CCn1cncn1)c1ccccc1. The maximum absolute atomic E-state index is 12.7. The first-order valence-electron chi connectivity index (χ1n) is 10.2. The van der Waals surface area contributed by atoms with Gasteiger partial charge in [0.2, 0.25) is 5.91 Å². The van der Waals surface area contributed by atoms with Crippen LogP contribution in [0.15, 0.2) is 49.1 Å². The first kappa shape index (κ1) is 19.3. The van der Waals surface area contributed by atoms with Gasteiger partial charge in [-0.15, -0.1) is 0 Å². The van der Waals surface area contributed by atoms with Crippen molar-refractivity contribution in [3.8, 4) is 0 Å². The molecule has 0 saturated carbocycles. The molecule has 0 unspecified atom stereocenters.